The summed E-state index contributed by atoms with van der Waals surface area (Å²) in [5, 5.41) is 11.1. The molecule has 1 amide bonds. The Morgan fingerprint density at radius 3 is 1.86 bits per heavy atom. The highest BCUT2D eigenvalue weighted by Gasteiger charge is 2.46. The van der Waals surface area contributed by atoms with Gasteiger partial charge in [0, 0.05) is 13.1 Å². The molecule has 1 saturated heterocycles. The predicted molar refractivity (Wildman–Crippen MR) is 137 cm³/mol. The average Bonchev–Trinajstić information content (AvgIpc) is 2.82. The van der Waals surface area contributed by atoms with Crippen LogP contribution >= 0.6 is 0 Å². The molecule has 9 heteroatoms. The number of piperidine rings is 1. The van der Waals surface area contributed by atoms with E-state index < -0.39 is 37.8 Å². The summed E-state index contributed by atoms with van der Waals surface area (Å²) in [4.78, 5) is 14.4. The molecule has 5 nitrogen and oxygen atoms in total. The normalized spacial score (nSPS) is 17.9. The van der Waals surface area contributed by atoms with Gasteiger partial charge in [0.2, 0.25) is 0 Å². The number of benzene rings is 2. The van der Waals surface area contributed by atoms with E-state index in [0.717, 1.165) is 17.7 Å². The molecule has 3 rings (SSSR count). The Morgan fingerprint density at radius 2 is 1.38 bits per heavy atom. The van der Waals surface area contributed by atoms with Crippen molar-refractivity contribution in [1.82, 2.24) is 4.90 Å². The van der Waals surface area contributed by atoms with E-state index in [2.05, 4.69) is 20.8 Å². The summed E-state index contributed by atoms with van der Waals surface area (Å²) < 4.78 is 64.9. The Hall–Kier alpha value is -2.39. The Labute approximate surface area is 217 Å². The molecular formula is C28H36F3NO4S. The zero-order valence-electron chi connectivity index (χ0n) is 22.2. The van der Waals surface area contributed by atoms with Crippen LogP contribution in [0.2, 0.25) is 0 Å². The van der Waals surface area contributed by atoms with E-state index in [9.17, 15) is 31.5 Å². The van der Waals surface area contributed by atoms with Gasteiger partial charge in [-0.25, -0.2) is 8.42 Å². The summed E-state index contributed by atoms with van der Waals surface area (Å²) in [5.41, 5.74) is -1.28. The third-order valence-electron chi connectivity index (χ3n) is 7.66. The molecule has 1 aliphatic heterocycles. The first-order valence-electron chi connectivity index (χ1n) is 12.3. The standard InChI is InChI=1S/C28H36F3NO4S/c1-25(2,3)19-10-12-21(13-11-19)27(6,34)24(33)32-16-14-20(15-17-32)26(4,5)37(35,36)23-9-7-8-22(18-23)28(29,30)31/h7-13,18,20,34H,14-17H2,1-6H3/t27-/m1/s1. The highest BCUT2D eigenvalue weighted by Crippen LogP contribution is 2.40. The minimum atomic E-state index is -4.65. The molecule has 1 fully saturated rings. The van der Waals surface area contributed by atoms with Gasteiger partial charge in [0.05, 0.1) is 15.2 Å². The maximum absolute atomic E-state index is 13.4. The summed E-state index contributed by atoms with van der Waals surface area (Å²) in [6.07, 6.45) is -3.96. The maximum Gasteiger partial charge on any atom is 0.416 e. The smallest absolute Gasteiger partial charge is 0.376 e. The summed E-state index contributed by atoms with van der Waals surface area (Å²) in [5.74, 6) is -0.847. The second-order valence-corrected chi connectivity index (χ2v) is 14.1. The molecule has 0 spiro atoms. The lowest BCUT2D eigenvalue weighted by Gasteiger charge is -2.42. The molecule has 0 aromatic heterocycles. The largest absolute Gasteiger partial charge is 0.416 e. The topological polar surface area (TPSA) is 74.7 Å². The lowest BCUT2D eigenvalue weighted by atomic mass is 9.83. The minimum Gasteiger partial charge on any atom is -0.376 e. The van der Waals surface area contributed by atoms with Gasteiger partial charge in [-0.3, -0.25) is 4.79 Å². The molecular weight excluding hydrogens is 503 g/mol. The number of halogens is 3. The summed E-state index contributed by atoms with van der Waals surface area (Å²) >= 11 is 0. The van der Waals surface area contributed by atoms with Gasteiger partial charge in [-0.2, -0.15) is 13.2 Å². The Bertz CT molecular complexity index is 1240. The monoisotopic (exact) mass is 539 g/mol. The number of alkyl halides is 3. The molecule has 1 heterocycles. The molecule has 1 atom stereocenters. The van der Waals surface area contributed by atoms with Gasteiger partial charge in [-0.15, -0.1) is 0 Å². The summed E-state index contributed by atoms with van der Waals surface area (Å²) in [6, 6.07) is 11.1. The number of hydrogen-bond acceptors (Lipinski definition) is 4. The van der Waals surface area contributed by atoms with Crippen LogP contribution in [0.5, 0.6) is 0 Å². The summed E-state index contributed by atoms with van der Waals surface area (Å²) in [6.45, 7) is 11.2. The molecule has 0 unspecified atom stereocenters. The van der Waals surface area contributed by atoms with E-state index in [4.69, 9.17) is 0 Å². The fraction of sp³-hybridized carbons (Fsp3) is 0.536. The Balaban J connectivity index is 1.75. The highest BCUT2D eigenvalue weighted by molar-refractivity contribution is 7.92. The molecule has 0 aliphatic carbocycles. The Kier molecular flexibility index (Phi) is 7.67. The van der Waals surface area contributed by atoms with Crippen LogP contribution in [-0.2, 0) is 31.8 Å². The third kappa shape index (κ3) is 5.72. The fourth-order valence-electron chi connectivity index (χ4n) is 4.87. The van der Waals surface area contributed by atoms with Crippen molar-refractivity contribution in [3.05, 3.63) is 65.2 Å². The highest BCUT2D eigenvalue weighted by atomic mass is 32.2. The first kappa shape index (κ1) is 29.2. The van der Waals surface area contributed by atoms with Gasteiger partial charge in [0.25, 0.3) is 5.91 Å². The van der Waals surface area contributed by atoms with Crippen molar-refractivity contribution in [2.24, 2.45) is 5.92 Å². The molecule has 2 aromatic rings. The number of likely N-dealkylation sites (tertiary alicyclic amines) is 1. The van der Waals surface area contributed by atoms with Crippen LogP contribution in [0, 0.1) is 5.92 Å². The van der Waals surface area contributed by atoms with E-state index in [0.29, 0.717) is 24.5 Å². The van der Waals surface area contributed by atoms with Crippen molar-refractivity contribution >= 4 is 15.7 Å². The van der Waals surface area contributed by atoms with Crippen LogP contribution in [0.1, 0.15) is 71.1 Å². The van der Waals surface area contributed by atoms with E-state index in [-0.39, 0.29) is 29.3 Å². The molecule has 0 radical (unpaired) electrons. The van der Waals surface area contributed by atoms with Crippen molar-refractivity contribution in [3.8, 4) is 0 Å². The number of rotatable bonds is 5. The average molecular weight is 540 g/mol. The number of amides is 1. The molecule has 1 aliphatic rings. The van der Waals surface area contributed by atoms with E-state index in [1.54, 1.807) is 12.1 Å². The van der Waals surface area contributed by atoms with Crippen LogP contribution in [-0.4, -0.2) is 42.2 Å². The number of hydrogen-bond donors (Lipinski definition) is 1. The van der Waals surface area contributed by atoms with Crippen molar-refractivity contribution in [2.45, 2.75) is 81.2 Å². The van der Waals surface area contributed by atoms with Crippen LogP contribution in [0.4, 0.5) is 13.2 Å². The predicted octanol–water partition coefficient (Wildman–Crippen LogP) is 5.70. The first-order valence-corrected chi connectivity index (χ1v) is 13.8. The molecule has 0 saturated carbocycles. The second-order valence-electron chi connectivity index (χ2n) is 11.6. The minimum absolute atomic E-state index is 0.0719. The molecule has 0 bridgehead atoms. The van der Waals surface area contributed by atoms with Crippen molar-refractivity contribution in [1.29, 1.82) is 0 Å². The zero-order chi connectivity index (χ0) is 28.0. The second kappa shape index (κ2) is 9.73. The molecule has 204 valence electrons. The van der Waals surface area contributed by atoms with Gasteiger partial charge >= 0.3 is 6.18 Å². The molecule has 1 N–H and O–H groups in total. The maximum atomic E-state index is 13.4. The van der Waals surface area contributed by atoms with Gasteiger partial charge < -0.3 is 10.0 Å². The van der Waals surface area contributed by atoms with Crippen LogP contribution in [0.15, 0.2) is 53.4 Å². The van der Waals surface area contributed by atoms with Gasteiger partial charge in [0.15, 0.2) is 15.4 Å². The van der Waals surface area contributed by atoms with E-state index in [1.165, 1.54) is 31.7 Å². The van der Waals surface area contributed by atoms with Crippen molar-refractivity contribution in [2.75, 3.05) is 13.1 Å². The fourth-order valence-corrected chi connectivity index (χ4v) is 6.69. The molecule has 2 aromatic carbocycles. The van der Waals surface area contributed by atoms with E-state index >= 15 is 0 Å². The van der Waals surface area contributed by atoms with Crippen LogP contribution in [0.25, 0.3) is 0 Å². The lowest BCUT2D eigenvalue weighted by molar-refractivity contribution is -0.152. The zero-order valence-corrected chi connectivity index (χ0v) is 23.0. The quantitative estimate of drug-likeness (QED) is 0.529. The number of aliphatic hydroxyl groups is 1. The van der Waals surface area contributed by atoms with Gasteiger partial charge in [-0.1, -0.05) is 51.1 Å². The van der Waals surface area contributed by atoms with Crippen molar-refractivity contribution < 1.29 is 31.5 Å². The van der Waals surface area contributed by atoms with Gasteiger partial charge in [0.1, 0.15) is 0 Å². The van der Waals surface area contributed by atoms with E-state index in [1.807, 2.05) is 12.1 Å². The molecule has 37 heavy (non-hydrogen) atoms. The lowest BCUT2D eigenvalue weighted by Crippen LogP contribution is -2.51. The SMILES string of the molecule is CC(C)(C)c1ccc([C@@](C)(O)C(=O)N2CCC(C(C)(C)S(=O)(=O)c3cccc(C(F)(F)F)c3)CC2)cc1. The number of carbonyl (C=O) groups is 1. The summed E-state index contributed by atoms with van der Waals surface area (Å²) in [7, 11) is -4.10. The number of nitrogens with zero attached hydrogens (tertiary/aromatic N) is 1. The Morgan fingerprint density at radius 1 is 0.865 bits per heavy atom. The van der Waals surface area contributed by atoms with Crippen LogP contribution < -0.4 is 0 Å². The van der Waals surface area contributed by atoms with Gasteiger partial charge in [-0.05, 0) is 74.3 Å². The van der Waals surface area contributed by atoms with Crippen LogP contribution in [0.3, 0.4) is 0 Å². The van der Waals surface area contributed by atoms with Crippen molar-refractivity contribution in [3.63, 3.8) is 0 Å². The first-order chi connectivity index (χ1) is 16.8. The third-order valence-corrected chi connectivity index (χ3v) is 10.3. The number of sulfone groups is 1. The number of carbonyl (C=O) groups excluding carboxylic acids is 1.